The first kappa shape index (κ1) is 11.2. The number of halogens is 1. The van der Waals surface area contributed by atoms with Gasteiger partial charge in [0.15, 0.2) is 0 Å². The summed E-state index contributed by atoms with van der Waals surface area (Å²) in [5, 5.41) is 2.48. The Morgan fingerprint density at radius 3 is 2.87 bits per heavy atom. The van der Waals surface area contributed by atoms with Crippen molar-refractivity contribution < 1.29 is 9.18 Å². The Labute approximate surface area is 87.5 Å². The fourth-order valence-electron chi connectivity index (χ4n) is 1.04. The number of rotatable bonds is 1. The van der Waals surface area contributed by atoms with Gasteiger partial charge in [-0.3, -0.25) is 4.79 Å². The zero-order valence-corrected chi connectivity index (χ0v) is 8.30. The van der Waals surface area contributed by atoms with Crippen LogP contribution < -0.4 is 11.1 Å². The van der Waals surface area contributed by atoms with Crippen molar-refractivity contribution in [2.75, 3.05) is 11.9 Å². The molecule has 0 aliphatic heterocycles. The molecule has 0 unspecified atom stereocenters. The molecular weight excluding hydrogens is 195 g/mol. The summed E-state index contributed by atoms with van der Waals surface area (Å²) in [4.78, 5) is 10.7. The lowest BCUT2D eigenvalue weighted by Gasteiger charge is -2.02. The predicted octanol–water partition coefficient (Wildman–Crippen LogP) is 1.09. The Hall–Kier alpha value is -1.86. The normalized spacial score (nSPS) is 9.00. The molecule has 3 N–H and O–H groups in total. The van der Waals surface area contributed by atoms with Gasteiger partial charge in [0.2, 0.25) is 5.91 Å². The number of benzene rings is 1. The van der Waals surface area contributed by atoms with Gasteiger partial charge in [-0.05, 0) is 18.2 Å². The van der Waals surface area contributed by atoms with Crippen LogP contribution in [0.2, 0.25) is 0 Å². The molecule has 4 heteroatoms. The standard InChI is InChI=1S/C11H11FN2O/c1-8(15)14-10-5-4-9(3-2-6-13)11(12)7-10/h4-5,7H,6,13H2,1H3,(H,14,15). The highest BCUT2D eigenvalue weighted by atomic mass is 19.1. The van der Waals surface area contributed by atoms with E-state index in [-0.39, 0.29) is 18.0 Å². The van der Waals surface area contributed by atoms with Crippen LogP contribution in [-0.2, 0) is 4.79 Å². The fraction of sp³-hybridized carbons (Fsp3) is 0.182. The quantitative estimate of drug-likeness (QED) is 0.676. The molecule has 0 aromatic heterocycles. The highest BCUT2D eigenvalue weighted by Crippen LogP contribution is 2.13. The summed E-state index contributed by atoms with van der Waals surface area (Å²) < 4.78 is 13.3. The Bertz CT molecular complexity index is 432. The largest absolute Gasteiger partial charge is 0.326 e. The predicted molar refractivity (Wildman–Crippen MR) is 56.6 cm³/mol. The van der Waals surface area contributed by atoms with Gasteiger partial charge >= 0.3 is 0 Å². The van der Waals surface area contributed by atoms with Gasteiger partial charge < -0.3 is 11.1 Å². The third-order valence-electron chi connectivity index (χ3n) is 1.61. The molecule has 1 aromatic carbocycles. The average Bonchev–Trinajstić information content (AvgIpc) is 2.15. The number of hydrogen-bond donors (Lipinski definition) is 2. The van der Waals surface area contributed by atoms with Crippen molar-refractivity contribution in [3.8, 4) is 11.8 Å². The van der Waals surface area contributed by atoms with E-state index in [0.717, 1.165) is 0 Å². The Kier molecular flexibility index (Phi) is 3.83. The maximum atomic E-state index is 13.3. The summed E-state index contributed by atoms with van der Waals surface area (Å²) in [6.07, 6.45) is 0. The first-order chi connectivity index (χ1) is 7.13. The molecule has 15 heavy (non-hydrogen) atoms. The lowest BCUT2D eigenvalue weighted by atomic mass is 10.2. The van der Waals surface area contributed by atoms with Crippen molar-refractivity contribution in [2.45, 2.75) is 6.92 Å². The van der Waals surface area contributed by atoms with E-state index in [4.69, 9.17) is 5.73 Å². The maximum Gasteiger partial charge on any atom is 0.221 e. The number of nitrogens with one attached hydrogen (secondary N) is 1. The lowest BCUT2D eigenvalue weighted by Crippen LogP contribution is -2.06. The highest BCUT2D eigenvalue weighted by Gasteiger charge is 2.01. The molecule has 1 amide bonds. The second kappa shape index (κ2) is 5.13. The molecule has 1 rings (SSSR count). The molecule has 0 aliphatic carbocycles. The Morgan fingerprint density at radius 2 is 2.33 bits per heavy atom. The summed E-state index contributed by atoms with van der Waals surface area (Å²) in [6, 6.07) is 4.32. The Balaban J connectivity index is 2.92. The number of carbonyl (C=O) groups is 1. The molecule has 0 radical (unpaired) electrons. The van der Waals surface area contributed by atoms with Gasteiger partial charge in [-0.1, -0.05) is 11.8 Å². The minimum absolute atomic E-state index is 0.187. The van der Waals surface area contributed by atoms with Crippen LogP contribution in [0.25, 0.3) is 0 Å². The van der Waals surface area contributed by atoms with E-state index in [2.05, 4.69) is 17.2 Å². The van der Waals surface area contributed by atoms with Crippen LogP contribution in [0.4, 0.5) is 10.1 Å². The third-order valence-corrected chi connectivity index (χ3v) is 1.61. The van der Waals surface area contributed by atoms with Crippen molar-refractivity contribution >= 4 is 11.6 Å². The van der Waals surface area contributed by atoms with Crippen LogP contribution >= 0.6 is 0 Å². The maximum absolute atomic E-state index is 13.3. The van der Waals surface area contributed by atoms with Gasteiger partial charge in [0.05, 0.1) is 12.1 Å². The molecule has 0 saturated heterocycles. The first-order valence-electron chi connectivity index (χ1n) is 4.39. The molecule has 3 nitrogen and oxygen atoms in total. The minimum atomic E-state index is -0.470. The van der Waals surface area contributed by atoms with Crippen molar-refractivity contribution in [3.63, 3.8) is 0 Å². The summed E-state index contributed by atoms with van der Waals surface area (Å²) >= 11 is 0. The SMILES string of the molecule is CC(=O)Nc1ccc(C#CCN)c(F)c1. The summed E-state index contributed by atoms with van der Waals surface area (Å²) in [5.41, 5.74) is 5.86. The number of nitrogens with two attached hydrogens (primary N) is 1. The summed E-state index contributed by atoms with van der Waals surface area (Å²) in [6.45, 7) is 1.55. The monoisotopic (exact) mass is 206 g/mol. The van der Waals surface area contributed by atoms with Gasteiger partial charge in [-0.25, -0.2) is 4.39 Å². The van der Waals surface area contributed by atoms with Gasteiger partial charge in [0.1, 0.15) is 5.82 Å². The van der Waals surface area contributed by atoms with Crippen molar-refractivity contribution in [2.24, 2.45) is 5.73 Å². The zero-order valence-electron chi connectivity index (χ0n) is 8.30. The van der Waals surface area contributed by atoms with Crippen molar-refractivity contribution in [1.29, 1.82) is 0 Å². The average molecular weight is 206 g/mol. The number of carbonyl (C=O) groups excluding carboxylic acids is 1. The number of hydrogen-bond acceptors (Lipinski definition) is 2. The van der Waals surface area contributed by atoms with Crippen LogP contribution in [0, 0.1) is 17.7 Å². The molecular formula is C11H11FN2O. The van der Waals surface area contributed by atoms with Crippen molar-refractivity contribution in [3.05, 3.63) is 29.6 Å². The van der Waals surface area contributed by atoms with Gasteiger partial charge in [-0.2, -0.15) is 0 Å². The second-order valence-corrected chi connectivity index (χ2v) is 2.88. The van der Waals surface area contributed by atoms with Gasteiger partial charge in [0, 0.05) is 12.6 Å². The molecule has 0 saturated carbocycles. The number of anilines is 1. The minimum Gasteiger partial charge on any atom is -0.326 e. The summed E-state index contributed by atoms with van der Waals surface area (Å²) in [5.74, 6) is 4.44. The van der Waals surface area contributed by atoms with Gasteiger partial charge in [-0.15, -0.1) is 0 Å². The van der Waals surface area contributed by atoms with Crippen molar-refractivity contribution in [1.82, 2.24) is 0 Å². The Morgan fingerprint density at radius 1 is 1.60 bits per heavy atom. The van der Waals surface area contributed by atoms with Crippen LogP contribution in [-0.4, -0.2) is 12.5 Å². The van der Waals surface area contributed by atoms with E-state index in [0.29, 0.717) is 5.69 Å². The van der Waals surface area contributed by atoms with Crippen LogP contribution in [0.15, 0.2) is 18.2 Å². The second-order valence-electron chi connectivity index (χ2n) is 2.88. The molecule has 1 aromatic rings. The lowest BCUT2D eigenvalue weighted by molar-refractivity contribution is -0.114. The number of amides is 1. The zero-order chi connectivity index (χ0) is 11.3. The summed E-state index contributed by atoms with van der Waals surface area (Å²) in [7, 11) is 0. The van der Waals surface area contributed by atoms with Crippen LogP contribution in [0.3, 0.4) is 0 Å². The first-order valence-corrected chi connectivity index (χ1v) is 4.39. The van der Waals surface area contributed by atoms with E-state index < -0.39 is 5.82 Å². The van der Waals surface area contributed by atoms with Crippen LogP contribution in [0.1, 0.15) is 12.5 Å². The van der Waals surface area contributed by atoms with E-state index in [1.54, 1.807) is 6.07 Å². The third kappa shape index (κ3) is 3.41. The molecule has 0 bridgehead atoms. The molecule has 78 valence electrons. The van der Waals surface area contributed by atoms with E-state index >= 15 is 0 Å². The van der Waals surface area contributed by atoms with E-state index in [9.17, 15) is 9.18 Å². The smallest absolute Gasteiger partial charge is 0.221 e. The fourth-order valence-corrected chi connectivity index (χ4v) is 1.04. The molecule has 0 heterocycles. The molecule has 0 aliphatic rings. The molecule has 0 spiro atoms. The van der Waals surface area contributed by atoms with Crippen LogP contribution in [0.5, 0.6) is 0 Å². The topological polar surface area (TPSA) is 55.1 Å². The molecule has 0 fully saturated rings. The van der Waals surface area contributed by atoms with E-state index in [1.165, 1.54) is 19.1 Å². The van der Waals surface area contributed by atoms with E-state index in [1.807, 2.05) is 0 Å². The van der Waals surface area contributed by atoms with Gasteiger partial charge in [0.25, 0.3) is 0 Å². The highest BCUT2D eigenvalue weighted by molar-refractivity contribution is 5.88. The molecule has 0 atom stereocenters.